The van der Waals surface area contributed by atoms with Crippen LogP contribution in [0.25, 0.3) is 22.0 Å². The first-order valence-corrected chi connectivity index (χ1v) is 11.0. The highest BCUT2D eigenvalue weighted by molar-refractivity contribution is 7.18. The number of methoxy groups -OCH3 is 1. The number of aryl methyl sites for hydroxylation is 1. The standard InChI is InChI=1S/C23H23N5O3S/c1-14(2)15-4-6-17(7-5-15)22-26-27-23(32-22)24-19(29)12-13-20-25-21(28-31-20)16-8-10-18(30-3)11-9-16/h4-11,14H,12-13H2,1-3H3,(H,24,27,29). The van der Waals surface area contributed by atoms with E-state index in [9.17, 15) is 4.79 Å². The fourth-order valence-electron chi connectivity index (χ4n) is 3.02. The number of hydrogen-bond donors (Lipinski definition) is 1. The van der Waals surface area contributed by atoms with Crippen LogP contribution >= 0.6 is 11.3 Å². The monoisotopic (exact) mass is 449 g/mol. The molecule has 4 aromatic rings. The van der Waals surface area contributed by atoms with Gasteiger partial charge >= 0.3 is 0 Å². The quantitative estimate of drug-likeness (QED) is 0.405. The van der Waals surface area contributed by atoms with E-state index < -0.39 is 0 Å². The molecule has 0 aliphatic rings. The molecule has 0 saturated heterocycles. The molecule has 2 heterocycles. The number of aromatic nitrogens is 4. The van der Waals surface area contributed by atoms with Crippen molar-refractivity contribution in [2.45, 2.75) is 32.6 Å². The summed E-state index contributed by atoms with van der Waals surface area (Å²) >= 11 is 1.34. The lowest BCUT2D eigenvalue weighted by Crippen LogP contribution is -2.12. The second-order valence-corrected chi connectivity index (χ2v) is 8.45. The highest BCUT2D eigenvalue weighted by Crippen LogP contribution is 2.28. The third-order valence-electron chi connectivity index (χ3n) is 4.88. The van der Waals surface area contributed by atoms with E-state index in [-0.39, 0.29) is 12.3 Å². The van der Waals surface area contributed by atoms with Crippen LogP contribution < -0.4 is 10.1 Å². The Bertz CT molecular complexity index is 1180. The largest absolute Gasteiger partial charge is 0.497 e. The number of hydrogen-bond acceptors (Lipinski definition) is 8. The number of amides is 1. The fourth-order valence-corrected chi connectivity index (χ4v) is 3.78. The lowest BCUT2D eigenvalue weighted by atomic mass is 10.0. The average molecular weight is 450 g/mol. The molecule has 32 heavy (non-hydrogen) atoms. The maximum absolute atomic E-state index is 12.3. The predicted octanol–water partition coefficient (Wildman–Crippen LogP) is 4.96. The van der Waals surface area contributed by atoms with Crippen molar-refractivity contribution in [2.24, 2.45) is 0 Å². The summed E-state index contributed by atoms with van der Waals surface area (Å²) in [6, 6.07) is 15.6. The Hall–Kier alpha value is -3.59. The fraction of sp³-hybridized carbons (Fsp3) is 0.261. The number of carbonyl (C=O) groups is 1. The lowest BCUT2D eigenvalue weighted by Gasteiger charge is -2.04. The van der Waals surface area contributed by atoms with Gasteiger partial charge in [0.1, 0.15) is 10.8 Å². The van der Waals surface area contributed by atoms with Gasteiger partial charge in [-0.3, -0.25) is 4.79 Å². The zero-order chi connectivity index (χ0) is 22.5. The number of nitrogens with zero attached hydrogens (tertiary/aromatic N) is 4. The van der Waals surface area contributed by atoms with E-state index in [1.165, 1.54) is 16.9 Å². The molecule has 9 heteroatoms. The normalized spacial score (nSPS) is 11.0. The molecule has 0 unspecified atom stereocenters. The number of ether oxygens (including phenoxy) is 1. The molecular weight excluding hydrogens is 426 g/mol. The van der Waals surface area contributed by atoms with Crippen molar-refractivity contribution in [1.29, 1.82) is 0 Å². The van der Waals surface area contributed by atoms with E-state index in [2.05, 4.69) is 51.6 Å². The Kier molecular flexibility index (Phi) is 6.55. The van der Waals surface area contributed by atoms with Gasteiger partial charge in [0.25, 0.3) is 0 Å². The minimum absolute atomic E-state index is 0.188. The minimum atomic E-state index is -0.188. The number of benzene rings is 2. The molecule has 1 N–H and O–H groups in total. The van der Waals surface area contributed by atoms with E-state index in [1.807, 2.05) is 36.4 Å². The van der Waals surface area contributed by atoms with Crippen molar-refractivity contribution < 1.29 is 14.1 Å². The Balaban J connectivity index is 1.31. The van der Waals surface area contributed by atoms with Crippen molar-refractivity contribution in [1.82, 2.24) is 20.3 Å². The van der Waals surface area contributed by atoms with Crippen LogP contribution in [-0.4, -0.2) is 33.4 Å². The summed E-state index contributed by atoms with van der Waals surface area (Å²) in [5.41, 5.74) is 3.06. The zero-order valence-electron chi connectivity index (χ0n) is 18.0. The van der Waals surface area contributed by atoms with Crippen molar-refractivity contribution in [3.63, 3.8) is 0 Å². The molecule has 8 nitrogen and oxygen atoms in total. The number of carbonyl (C=O) groups excluding carboxylic acids is 1. The van der Waals surface area contributed by atoms with Crippen molar-refractivity contribution in [3.05, 3.63) is 60.0 Å². The van der Waals surface area contributed by atoms with Crippen molar-refractivity contribution >= 4 is 22.4 Å². The molecule has 0 bridgehead atoms. The molecule has 0 aliphatic carbocycles. The summed E-state index contributed by atoms with van der Waals surface area (Å²) in [5, 5.41) is 16.2. The number of anilines is 1. The molecular formula is C23H23N5O3S. The van der Waals surface area contributed by atoms with Crippen LogP contribution in [0.3, 0.4) is 0 Å². The van der Waals surface area contributed by atoms with Crippen LogP contribution in [0.4, 0.5) is 5.13 Å². The van der Waals surface area contributed by atoms with Gasteiger partial charge in [0, 0.05) is 24.0 Å². The Labute approximate surface area is 189 Å². The SMILES string of the molecule is COc1ccc(-c2noc(CCC(=O)Nc3nnc(-c4ccc(C(C)C)cc4)s3)n2)cc1. The van der Waals surface area contributed by atoms with Crippen LogP contribution in [-0.2, 0) is 11.2 Å². The third-order valence-corrected chi connectivity index (χ3v) is 5.77. The summed E-state index contributed by atoms with van der Waals surface area (Å²) < 4.78 is 10.4. The van der Waals surface area contributed by atoms with Crippen LogP contribution in [0.1, 0.15) is 37.6 Å². The van der Waals surface area contributed by atoms with E-state index in [0.717, 1.165) is 21.9 Å². The molecule has 0 spiro atoms. The molecule has 0 aliphatic heterocycles. The second-order valence-electron chi connectivity index (χ2n) is 7.48. The van der Waals surface area contributed by atoms with Gasteiger partial charge in [0.15, 0.2) is 0 Å². The number of nitrogens with one attached hydrogen (secondary N) is 1. The van der Waals surface area contributed by atoms with Gasteiger partial charge in [0.05, 0.1) is 7.11 Å². The maximum atomic E-state index is 12.3. The molecule has 0 atom stereocenters. The van der Waals surface area contributed by atoms with Gasteiger partial charge in [-0.15, -0.1) is 10.2 Å². The van der Waals surface area contributed by atoms with Crippen molar-refractivity contribution in [2.75, 3.05) is 12.4 Å². The molecule has 4 rings (SSSR count). The van der Waals surface area contributed by atoms with Gasteiger partial charge in [0.2, 0.25) is 22.8 Å². The molecule has 0 radical (unpaired) electrons. The highest BCUT2D eigenvalue weighted by atomic mass is 32.1. The highest BCUT2D eigenvalue weighted by Gasteiger charge is 2.13. The first-order chi connectivity index (χ1) is 15.5. The molecule has 1 amide bonds. The van der Waals surface area contributed by atoms with Crippen LogP contribution in [0.5, 0.6) is 5.75 Å². The summed E-state index contributed by atoms with van der Waals surface area (Å²) in [5.74, 6) is 1.91. The summed E-state index contributed by atoms with van der Waals surface area (Å²) in [6.45, 7) is 4.31. The van der Waals surface area contributed by atoms with E-state index in [4.69, 9.17) is 9.26 Å². The molecule has 2 aromatic heterocycles. The lowest BCUT2D eigenvalue weighted by molar-refractivity contribution is -0.116. The molecule has 0 fully saturated rings. The van der Waals surface area contributed by atoms with Gasteiger partial charge in [-0.05, 0) is 35.7 Å². The molecule has 2 aromatic carbocycles. The zero-order valence-corrected chi connectivity index (χ0v) is 18.8. The summed E-state index contributed by atoms with van der Waals surface area (Å²) in [4.78, 5) is 16.7. The smallest absolute Gasteiger partial charge is 0.227 e. The van der Waals surface area contributed by atoms with E-state index >= 15 is 0 Å². The topological polar surface area (TPSA) is 103 Å². The van der Waals surface area contributed by atoms with E-state index in [1.54, 1.807) is 7.11 Å². The summed E-state index contributed by atoms with van der Waals surface area (Å²) in [6.07, 6.45) is 0.527. The summed E-state index contributed by atoms with van der Waals surface area (Å²) in [7, 11) is 1.61. The van der Waals surface area contributed by atoms with Crippen LogP contribution in [0, 0.1) is 0 Å². The molecule has 0 saturated carbocycles. The first-order valence-electron chi connectivity index (χ1n) is 10.2. The Morgan fingerprint density at radius 3 is 2.47 bits per heavy atom. The predicted molar refractivity (Wildman–Crippen MR) is 123 cm³/mol. The first kappa shape index (κ1) is 21.6. The Morgan fingerprint density at radius 2 is 1.78 bits per heavy atom. The Morgan fingerprint density at radius 1 is 1.06 bits per heavy atom. The van der Waals surface area contributed by atoms with Gasteiger partial charge in [-0.2, -0.15) is 4.98 Å². The van der Waals surface area contributed by atoms with Crippen LogP contribution in [0.15, 0.2) is 53.1 Å². The minimum Gasteiger partial charge on any atom is -0.497 e. The second kappa shape index (κ2) is 9.69. The molecule has 164 valence electrons. The number of rotatable bonds is 8. The third kappa shape index (κ3) is 5.17. The van der Waals surface area contributed by atoms with Crippen LogP contribution in [0.2, 0.25) is 0 Å². The van der Waals surface area contributed by atoms with Gasteiger partial charge < -0.3 is 14.6 Å². The van der Waals surface area contributed by atoms with Gasteiger partial charge in [-0.25, -0.2) is 0 Å². The van der Waals surface area contributed by atoms with E-state index in [0.29, 0.717) is 29.2 Å². The van der Waals surface area contributed by atoms with Gasteiger partial charge in [-0.1, -0.05) is 54.6 Å². The average Bonchev–Trinajstić information content (AvgIpc) is 3.48. The maximum Gasteiger partial charge on any atom is 0.227 e. The van der Waals surface area contributed by atoms with Crippen molar-refractivity contribution in [3.8, 4) is 27.7 Å².